The first-order valence-electron chi connectivity index (χ1n) is 4.59. The molecule has 0 bridgehead atoms. The number of benzene rings is 1. The summed E-state index contributed by atoms with van der Waals surface area (Å²) in [6, 6.07) is 12.2. The zero-order chi connectivity index (χ0) is 9.80. The van der Waals surface area contributed by atoms with Crippen molar-refractivity contribution in [1.29, 1.82) is 0 Å². The Kier molecular flexibility index (Phi) is 2.84. The van der Waals surface area contributed by atoms with Crippen molar-refractivity contribution in [2.75, 3.05) is 6.61 Å². The van der Waals surface area contributed by atoms with Crippen LogP contribution in [-0.2, 0) is 0 Å². The summed E-state index contributed by atoms with van der Waals surface area (Å²) >= 11 is 1.63. The van der Waals surface area contributed by atoms with Gasteiger partial charge in [-0.15, -0.1) is 11.3 Å². The van der Waals surface area contributed by atoms with Crippen LogP contribution in [0.2, 0.25) is 0 Å². The Morgan fingerprint density at radius 2 is 2.00 bits per heavy atom. The SMILES string of the molecule is CCOc1ccc(-c2cc[c]s2)cc1. The minimum atomic E-state index is 0.714. The molecule has 0 saturated carbocycles. The highest BCUT2D eigenvalue weighted by molar-refractivity contribution is 7.13. The van der Waals surface area contributed by atoms with Gasteiger partial charge in [-0.1, -0.05) is 0 Å². The highest BCUT2D eigenvalue weighted by Crippen LogP contribution is 2.25. The van der Waals surface area contributed by atoms with Gasteiger partial charge in [0.15, 0.2) is 0 Å². The van der Waals surface area contributed by atoms with Gasteiger partial charge in [-0.2, -0.15) is 0 Å². The maximum Gasteiger partial charge on any atom is 0.119 e. The number of rotatable bonds is 3. The quantitative estimate of drug-likeness (QED) is 0.740. The summed E-state index contributed by atoms with van der Waals surface area (Å²) in [7, 11) is 0. The van der Waals surface area contributed by atoms with Crippen molar-refractivity contribution in [3.8, 4) is 16.2 Å². The summed E-state index contributed by atoms with van der Waals surface area (Å²) in [6.45, 7) is 2.70. The first-order valence-corrected chi connectivity index (χ1v) is 5.41. The summed E-state index contributed by atoms with van der Waals surface area (Å²) in [5, 5.41) is 3.08. The van der Waals surface area contributed by atoms with Gasteiger partial charge in [0.2, 0.25) is 0 Å². The van der Waals surface area contributed by atoms with E-state index in [9.17, 15) is 0 Å². The number of ether oxygens (including phenoxy) is 1. The van der Waals surface area contributed by atoms with Crippen molar-refractivity contribution in [3.05, 3.63) is 41.8 Å². The molecule has 1 aromatic heterocycles. The molecule has 0 aliphatic rings. The van der Waals surface area contributed by atoms with E-state index < -0.39 is 0 Å². The fraction of sp³-hybridized carbons (Fsp3) is 0.167. The van der Waals surface area contributed by atoms with Crippen molar-refractivity contribution in [2.24, 2.45) is 0 Å². The molecule has 1 aromatic carbocycles. The van der Waals surface area contributed by atoms with Gasteiger partial charge < -0.3 is 4.74 Å². The smallest absolute Gasteiger partial charge is 0.119 e. The summed E-state index contributed by atoms with van der Waals surface area (Å²) in [4.78, 5) is 1.24. The molecule has 0 aliphatic carbocycles. The molecule has 14 heavy (non-hydrogen) atoms. The van der Waals surface area contributed by atoms with Crippen LogP contribution >= 0.6 is 11.3 Å². The van der Waals surface area contributed by atoms with Gasteiger partial charge in [0.25, 0.3) is 0 Å². The molecule has 0 N–H and O–H groups in total. The number of hydrogen-bond donors (Lipinski definition) is 0. The zero-order valence-electron chi connectivity index (χ0n) is 7.99. The molecule has 0 unspecified atom stereocenters. The van der Waals surface area contributed by atoms with E-state index in [1.165, 1.54) is 10.4 Å². The summed E-state index contributed by atoms with van der Waals surface area (Å²) < 4.78 is 5.37. The topological polar surface area (TPSA) is 9.23 Å². The summed E-state index contributed by atoms with van der Waals surface area (Å²) in [5.41, 5.74) is 1.22. The molecule has 71 valence electrons. The van der Waals surface area contributed by atoms with E-state index in [-0.39, 0.29) is 0 Å². The average Bonchev–Trinajstić information content (AvgIpc) is 2.72. The standard InChI is InChI=1S/C12H11OS/c1-2-13-11-7-5-10(6-8-11)12-4-3-9-14-12/h3-8H,2H2,1H3. The van der Waals surface area contributed by atoms with E-state index in [0.29, 0.717) is 6.61 Å². The maximum absolute atomic E-state index is 5.37. The summed E-state index contributed by atoms with van der Waals surface area (Å²) in [5.74, 6) is 0.928. The number of hydrogen-bond acceptors (Lipinski definition) is 2. The summed E-state index contributed by atoms with van der Waals surface area (Å²) in [6.07, 6.45) is 0. The molecule has 0 saturated heterocycles. The second-order valence-electron chi connectivity index (χ2n) is 2.87. The lowest BCUT2D eigenvalue weighted by Gasteiger charge is -2.03. The molecule has 0 atom stereocenters. The van der Waals surface area contributed by atoms with Crippen molar-refractivity contribution in [1.82, 2.24) is 0 Å². The molecule has 0 fully saturated rings. The number of thiophene rings is 1. The van der Waals surface area contributed by atoms with Crippen LogP contribution in [0.15, 0.2) is 36.4 Å². The molecule has 0 aliphatic heterocycles. The third-order valence-electron chi connectivity index (χ3n) is 1.92. The normalized spacial score (nSPS) is 10.1. The Morgan fingerprint density at radius 3 is 2.57 bits per heavy atom. The van der Waals surface area contributed by atoms with Crippen molar-refractivity contribution >= 4 is 11.3 Å². The molecular formula is C12H11OS. The molecule has 2 heteroatoms. The van der Waals surface area contributed by atoms with E-state index in [1.54, 1.807) is 11.3 Å². The van der Waals surface area contributed by atoms with Gasteiger partial charge in [-0.05, 0) is 48.9 Å². The lowest BCUT2D eigenvalue weighted by atomic mass is 10.2. The molecule has 1 radical (unpaired) electrons. The van der Waals surface area contributed by atoms with Crippen LogP contribution in [-0.4, -0.2) is 6.61 Å². The van der Waals surface area contributed by atoms with E-state index in [4.69, 9.17) is 4.74 Å². The monoisotopic (exact) mass is 203 g/mol. The van der Waals surface area contributed by atoms with E-state index >= 15 is 0 Å². The van der Waals surface area contributed by atoms with Gasteiger partial charge in [0.05, 0.1) is 6.61 Å². The highest BCUT2D eigenvalue weighted by Gasteiger charge is 1.98. The zero-order valence-corrected chi connectivity index (χ0v) is 8.80. The lowest BCUT2D eigenvalue weighted by Crippen LogP contribution is -1.90. The van der Waals surface area contributed by atoms with Crippen LogP contribution < -0.4 is 4.74 Å². The largest absolute Gasteiger partial charge is 0.494 e. The van der Waals surface area contributed by atoms with Gasteiger partial charge in [-0.3, -0.25) is 0 Å². The van der Waals surface area contributed by atoms with Crippen molar-refractivity contribution < 1.29 is 4.74 Å². The molecule has 2 aromatic rings. The Hall–Kier alpha value is -1.28. The fourth-order valence-corrected chi connectivity index (χ4v) is 1.93. The average molecular weight is 203 g/mol. The molecule has 1 nitrogen and oxygen atoms in total. The van der Waals surface area contributed by atoms with Crippen LogP contribution in [0.1, 0.15) is 6.92 Å². The predicted octanol–water partition coefficient (Wildman–Crippen LogP) is 3.61. The minimum Gasteiger partial charge on any atom is -0.494 e. The van der Waals surface area contributed by atoms with Crippen LogP contribution in [0, 0.1) is 5.38 Å². The Morgan fingerprint density at radius 1 is 1.21 bits per heavy atom. The van der Waals surface area contributed by atoms with Crippen LogP contribution in [0.4, 0.5) is 0 Å². The van der Waals surface area contributed by atoms with Crippen LogP contribution in [0.3, 0.4) is 0 Å². The first-order chi connectivity index (χ1) is 6.90. The van der Waals surface area contributed by atoms with E-state index in [1.807, 2.05) is 25.1 Å². The van der Waals surface area contributed by atoms with E-state index in [2.05, 4.69) is 23.6 Å². The van der Waals surface area contributed by atoms with Crippen molar-refractivity contribution in [2.45, 2.75) is 6.92 Å². The van der Waals surface area contributed by atoms with Gasteiger partial charge >= 0.3 is 0 Å². The Bertz CT molecular complexity index is 375. The minimum absolute atomic E-state index is 0.714. The second kappa shape index (κ2) is 4.29. The van der Waals surface area contributed by atoms with Gasteiger partial charge in [0, 0.05) is 10.3 Å². The van der Waals surface area contributed by atoms with Crippen molar-refractivity contribution in [3.63, 3.8) is 0 Å². The second-order valence-corrected chi connectivity index (χ2v) is 3.75. The third kappa shape index (κ3) is 1.96. The first kappa shape index (κ1) is 9.28. The highest BCUT2D eigenvalue weighted by atomic mass is 32.1. The van der Waals surface area contributed by atoms with E-state index in [0.717, 1.165) is 5.75 Å². The molecule has 1 heterocycles. The molecule has 0 spiro atoms. The van der Waals surface area contributed by atoms with Crippen LogP contribution in [0.25, 0.3) is 10.4 Å². The lowest BCUT2D eigenvalue weighted by molar-refractivity contribution is 0.340. The molecule has 2 rings (SSSR count). The van der Waals surface area contributed by atoms with Crippen LogP contribution in [0.5, 0.6) is 5.75 Å². The Labute approximate surface area is 88.0 Å². The molecule has 0 amide bonds. The predicted molar refractivity (Wildman–Crippen MR) is 59.8 cm³/mol. The van der Waals surface area contributed by atoms with Gasteiger partial charge in [-0.25, -0.2) is 0 Å². The molecular weight excluding hydrogens is 192 g/mol. The third-order valence-corrected chi connectivity index (χ3v) is 2.77. The van der Waals surface area contributed by atoms with Gasteiger partial charge in [0.1, 0.15) is 5.75 Å². The maximum atomic E-state index is 5.37. The fourth-order valence-electron chi connectivity index (χ4n) is 1.28. The Balaban J connectivity index is 2.22.